The summed E-state index contributed by atoms with van der Waals surface area (Å²) in [5, 5.41) is 0. The van der Waals surface area contributed by atoms with Crippen molar-refractivity contribution in [2.24, 2.45) is 5.92 Å². The Bertz CT molecular complexity index is 366. The maximum absolute atomic E-state index is 11.7. The molecule has 0 saturated carbocycles. The lowest BCUT2D eigenvalue weighted by atomic mass is 9.94. The number of esters is 1. The van der Waals surface area contributed by atoms with E-state index >= 15 is 0 Å². The highest BCUT2D eigenvalue weighted by Gasteiger charge is 2.39. The molecule has 0 spiro atoms. The largest absolute Gasteiger partial charge is 0.463 e. The van der Waals surface area contributed by atoms with Crippen molar-refractivity contribution in [2.75, 3.05) is 41.3 Å². The van der Waals surface area contributed by atoms with E-state index in [4.69, 9.17) is 28.4 Å². The van der Waals surface area contributed by atoms with Gasteiger partial charge in [-0.05, 0) is 6.92 Å². The first kappa shape index (κ1) is 17.9. The summed E-state index contributed by atoms with van der Waals surface area (Å²) in [5.74, 6) is -0.505. The fourth-order valence-electron chi connectivity index (χ4n) is 2.15. The zero-order valence-electron chi connectivity index (χ0n) is 13.2. The Morgan fingerprint density at radius 3 is 2.52 bits per heavy atom. The second-order valence-corrected chi connectivity index (χ2v) is 4.69. The van der Waals surface area contributed by atoms with Crippen LogP contribution in [0.2, 0.25) is 0 Å². The smallest absolute Gasteiger partial charge is 0.373 e. The summed E-state index contributed by atoms with van der Waals surface area (Å²) in [6.07, 6.45) is -0.924. The highest BCUT2D eigenvalue weighted by Crippen LogP contribution is 2.32. The molecule has 122 valence electrons. The molecule has 1 heterocycles. The van der Waals surface area contributed by atoms with Crippen LogP contribution in [0.25, 0.3) is 0 Å². The van der Waals surface area contributed by atoms with Gasteiger partial charge in [-0.15, -0.1) is 0 Å². The lowest BCUT2D eigenvalue weighted by Crippen LogP contribution is -2.42. The normalized spacial score (nSPS) is 25.7. The summed E-state index contributed by atoms with van der Waals surface area (Å²) >= 11 is 0. The highest BCUT2D eigenvalue weighted by molar-refractivity contribution is 5.87. The summed E-state index contributed by atoms with van der Waals surface area (Å²) in [7, 11) is 4.42. The van der Waals surface area contributed by atoms with Crippen molar-refractivity contribution in [3.05, 3.63) is 11.3 Å². The van der Waals surface area contributed by atoms with E-state index in [9.17, 15) is 4.79 Å². The van der Waals surface area contributed by atoms with Gasteiger partial charge in [0.2, 0.25) is 12.0 Å². The molecule has 0 N–H and O–H groups in total. The zero-order chi connectivity index (χ0) is 15.8. The third kappa shape index (κ3) is 4.67. The molecular weight excluding hydrogens is 280 g/mol. The summed E-state index contributed by atoms with van der Waals surface area (Å²) in [6, 6.07) is 0. The number of hydrogen-bond donors (Lipinski definition) is 0. The molecule has 1 aliphatic heterocycles. The van der Waals surface area contributed by atoms with E-state index in [-0.39, 0.29) is 24.6 Å². The van der Waals surface area contributed by atoms with Crippen LogP contribution >= 0.6 is 0 Å². The Morgan fingerprint density at radius 1 is 1.24 bits per heavy atom. The minimum atomic E-state index is -0.577. The van der Waals surface area contributed by atoms with Crippen molar-refractivity contribution in [3.63, 3.8) is 0 Å². The Kier molecular flexibility index (Phi) is 7.66. The average Bonchev–Trinajstić information content (AvgIpc) is 2.49. The Balaban J connectivity index is 2.74. The van der Waals surface area contributed by atoms with E-state index in [1.807, 2.05) is 6.92 Å². The topological polar surface area (TPSA) is 72.5 Å². The van der Waals surface area contributed by atoms with Gasteiger partial charge in [0.05, 0.1) is 26.4 Å². The minimum absolute atomic E-state index is 0.0885. The van der Waals surface area contributed by atoms with E-state index in [0.717, 1.165) is 0 Å². The van der Waals surface area contributed by atoms with E-state index < -0.39 is 12.3 Å². The summed E-state index contributed by atoms with van der Waals surface area (Å²) in [4.78, 5) is 11.7. The summed E-state index contributed by atoms with van der Waals surface area (Å²) in [5.41, 5.74) is 0.665. The van der Waals surface area contributed by atoms with Crippen molar-refractivity contribution in [1.29, 1.82) is 0 Å². The molecule has 3 atom stereocenters. The molecular formula is C14H24O7. The highest BCUT2D eigenvalue weighted by atomic mass is 16.7. The molecule has 7 heteroatoms. The van der Waals surface area contributed by atoms with Gasteiger partial charge in [-0.1, -0.05) is 6.92 Å². The van der Waals surface area contributed by atoms with Crippen LogP contribution < -0.4 is 0 Å². The monoisotopic (exact) mass is 304 g/mol. The van der Waals surface area contributed by atoms with Gasteiger partial charge in [-0.25, -0.2) is 4.79 Å². The third-order valence-corrected chi connectivity index (χ3v) is 3.29. The maximum Gasteiger partial charge on any atom is 0.373 e. The first-order chi connectivity index (χ1) is 10.1. The van der Waals surface area contributed by atoms with Gasteiger partial charge in [-0.3, -0.25) is 0 Å². The molecule has 0 amide bonds. The molecule has 0 saturated heterocycles. The van der Waals surface area contributed by atoms with Crippen LogP contribution in [-0.2, 0) is 33.2 Å². The Hall–Kier alpha value is -1.15. The van der Waals surface area contributed by atoms with Crippen LogP contribution in [0.4, 0.5) is 0 Å². The molecule has 0 unspecified atom stereocenters. The molecule has 0 aromatic heterocycles. The Labute approximate surface area is 125 Å². The molecule has 0 bridgehead atoms. The fourth-order valence-corrected chi connectivity index (χ4v) is 2.15. The maximum atomic E-state index is 11.7. The average molecular weight is 304 g/mol. The van der Waals surface area contributed by atoms with Crippen molar-refractivity contribution >= 4 is 5.97 Å². The van der Waals surface area contributed by atoms with Crippen LogP contribution in [-0.4, -0.2) is 59.7 Å². The van der Waals surface area contributed by atoms with Crippen molar-refractivity contribution in [2.45, 2.75) is 26.2 Å². The molecule has 0 aliphatic carbocycles. The van der Waals surface area contributed by atoms with Gasteiger partial charge in [0.25, 0.3) is 0 Å². The van der Waals surface area contributed by atoms with Crippen LogP contribution in [0.5, 0.6) is 0 Å². The second kappa shape index (κ2) is 8.99. The number of hydrogen-bond acceptors (Lipinski definition) is 7. The third-order valence-electron chi connectivity index (χ3n) is 3.29. The Morgan fingerprint density at radius 2 is 1.95 bits per heavy atom. The van der Waals surface area contributed by atoms with Gasteiger partial charge in [0.1, 0.15) is 6.79 Å². The van der Waals surface area contributed by atoms with E-state index in [0.29, 0.717) is 18.8 Å². The van der Waals surface area contributed by atoms with Gasteiger partial charge < -0.3 is 28.4 Å². The molecule has 0 radical (unpaired) electrons. The van der Waals surface area contributed by atoms with Crippen LogP contribution in [0, 0.1) is 5.92 Å². The molecule has 7 nitrogen and oxygen atoms in total. The SMILES string of the molecule is COCCOCO[C@H]1C(C)=C(C(=O)OC)O[C@H](OC)[C@@H]1C. The van der Waals surface area contributed by atoms with E-state index in [2.05, 4.69) is 0 Å². The van der Waals surface area contributed by atoms with Crippen LogP contribution in [0.3, 0.4) is 0 Å². The van der Waals surface area contributed by atoms with Crippen LogP contribution in [0.15, 0.2) is 11.3 Å². The first-order valence-electron chi connectivity index (χ1n) is 6.73. The van der Waals surface area contributed by atoms with Crippen LogP contribution in [0.1, 0.15) is 13.8 Å². The lowest BCUT2D eigenvalue weighted by molar-refractivity contribution is -0.193. The molecule has 1 aliphatic rings. The van der Waals surface area contributed by atoms with Gasteiger partial charge >= 0.3 is 5.97 Å². The fraction of sp³-hybridized carbons (Fsp3) is 0.786. The minimum Gasteiger partial charge on any atom is -0.463 e. The van der Waals surface area contributed by atoms with E-state index in [1.54, 1.807) is 14.0 Å². The number of methoxy groups -OCH3 is 3. The molecule has 21 heavy (non-hydrogen) atoms. The molecule has 1 rings (SSSR count). The molecule has 0 fully saturated rings. The summed E-state index contributed by atoms with van der Waals surface area (Å²) in [6.45, 7) is 4.73. The van der Waals surface area contributed by atoms with Crippen molar-refractivity contribution < 1.29 is 33.2 Å². The van der Waals surface area contributed by atoms with Gasteiger partial charge in [0.15, 0.2) is 0 Å². The predicted molar refractivity (Wildman–Crippen MR) is 73.3 cm³/mol. The number of carbonyl (C=O) groups is 1. The van der Waals surface area contributed by atoms with E-state index in [1.165, 1.54) is 14.2 Å². The zero-order valence-corrected chi connectivity index (χ0v) is 13.2. The number of rotatable bonds is 8. The number of carbonyl (C=O) groups excluding carboxylic acids is 1. The summed E-state index contributed by atoms with van der Waals surface area (Å²) < 4.78 is 31.4. The molecule has 0 aromatic carbocycles. The first-order valence-corrected chi connectivity index (χ1v) is 6.73. The number of ether oxygens (including phenoxy) is 6. The quantitative estimate of drug-likeness (QED) is 0.377. The lowest BCUT2D eigenvalue weighted by Gasteiger charge is -2.36. The standard InChI is InChI=1S/C14H24O7/c1-9-11(20-8-19-7-6-16-3)10(2)14(18-5)21-12(9)13(15)17-4/h10-11,14H,6-8H2,1-5H3/t10-,11+,14+/m1/s1. The van der Waals surface area contributed by atoms with Gasteiger partial charge in [0, 0.05) is 25.7 Å². The van der Waals surface area contributed by atoms with Crippen molar-refractivity contribution in [3.8, 4) is 0 Å². The van der Waals surface area contributed by atoms with Crippen molar-refractivity contribution in [1.82, 2.24) is 0 Å². The predicted octanol–water partition coefficient (Wildman–Crippen LogP) is 1.08. The van der Waals surface area contributed by atoms with Gasteiger partial charge in [-0.2, -0.15) is 0 Å². The second-order valence-electron chi connectivity index (χ2n) is 4.69. The molecule has 0 aromatic rings.